The molecule has 7 rings (SSSR count). The van der Waals surface area contributed by atoms with Crippen LogP contribution in [-0.2, 0) is 14.3 Å². The van der Waals surface area contributed by atoms with E-state index in [0.717, 1.165) is 27.9 Å². The van der Waals surface area contributed by atoms with Gasteiger partial charge in [0.05, 0.1) is 19.0 Å². The minimum Gasteiger partial charge on any atom is -0.508 e. The highest BCUT2D eigenvalue weighted by molar-refractivity contribution is 8.05. The number of esters is 1. The van der Waals surface area contributed by atoms with Crippen molar-refractivity contribution in [3.63, 3.8) is 0 Å². The lowest BCUT2D eigenvalue weighted by Crippen LogP contribution is -2.39. The number of rotatable bonds is 12. The number of carbonyl (C=O) groups excluding carboxylic acids is 4. The largest absolute Gasteiger partial charge is 0.508 e. The predicted molar refractivity (Wildman–Crippen MR) is 194 cm³/mol. The number of allylic oxidation sites excluding steroid dienone is 2. The molecule has 252 valence electrons. The fourth-order valence-electron chi connectivity index (χ4n) is 7.11. The summed E-state index contributed by atoms with van der Waals surface area (Å²) >= 11 is 1.42. The van der Waals surface area contributed by atoms with Gasteiger partial charge in [0.1, 0.15) is 16.5 Å². The first-order chi connectivity index (χ1) is 24.3. The number of hydrogen-bond donors (Lipinski definition) is 2. The van der Waals surface area contributed by atoms with Gasteiger partial charge in [-0.25, -0.2) is 0 Å². The van der Waals surface area contributed by atoms with E-state index in [4.69, 9.17) is 4.74 Å². The van der Waals surface area contributed by atoms with Crippen LogP contribution in [0, 0.1) is 5.92 Å². The Bertz CT molecular complexity index is 2120. The topological polar surface area (TPSA) is 115 Å². The molecule has 4 aromatic carbocycles. The molecule has 9 heteroatoms. The Hall–Kier alpha value is -5.25. The number of fused-ring (bicyclic) bond motifs is 2. The maximum Gasteiger partial charge on any atom is 0.306 e. The third-order valence-corrected chi connectivity index (χ3v) is 11.2. The van der Waals surface area contributed by atoms with Crippen LogP contribution in [0.3, 0.4) is 0 Å². The summed E-state index contributed by atoms with van der Waals surface area (Å²) in [5.74, 6) is -1.53. The van der Waals surface area contributed by atoms with E-state index in [1.165, 1.54) is 18.9 Å². The van der Waals surface area contributed by atoms with Crippen LogP contribution < -0.4 is 5.32 Å². The number of nitrogens with one attached hydrogen (secondary N) is 1. The summed E-state index contributed by atoms with van der Waals surface area (Å²) in [6.45, 7) is 0.470. The monoisotopic (exact) mass is 684 g/mol. The summed E-state index contributed by atoms with van der Waals surface area (Å²) in [7, 11) is 1.34. The van der Waals surface area contributed by atoms with Crippen LogP contribution in [0.25, 0.3) is 16.6 Å². The number of para-hydroxylation sites is 1. The number of phenols is 1. The van der Waals surface area contributed by atoms with Crippen molar-refractivity contribution in [1.82, 2.24) is 9.88 Å². The lowest BCUT2D eigenvalue weighted by atomic mass is 9.77. The van der Waals surface area contributed by atoms with Crippen LogP contribution >= 0.6 is 11.8 Å². The van der Waals surface area contributed by atoms with Gasteiger partial charge in [-0.1, -0.05) is 72.8 Å². The number of carbonyl (C=O) groups is 4. The third kappa shape index (κ3) is 6.08. The Labute approximate surface area is 294 Å². The average molecular weight is 685 g/mol. The molecule has 0 bridgehead atoms. The molecule has 0 amide bonds. The highest BCUT2D eigenvalue weighted by atomic mass is 32.2. The molecule has 2 heterocycles. The zero-order chi connectivity index (χ0) is 34.8. The molecule has 2 N–H and O–H groups in total. The number of unbranched alkanes of at least 4 members (excludes halogenated alkanes) is 1. The molecule has 5 aromatic rings. The number of Topliss-reactive ketones (excluding diaryl/α,β-unsaturated/α-hetero) is 3. The SMILES string of the molecule is COC(=O)CC1C=C(CCCCNC2C(=O)c3ccccc3C2=O)SC1(C(=O)c1ccc2ccn(-c3ccccc3)c2c1)c1cccc(O)c1. The van der Waals surface area contributed by atoms with E-state index in [9.17, 15) is 19.5 Å². The molecule has 1 aliphatic heterocycles. The minimum atomic E-state index is -1.24. The fraction of sp³-hybridized carbons (Fsp3) is 0.220. The van der Waals surface area contributed by atoms with Gasteiger partial charge >= 0.3 is 5.97 Å². The third-order valence-electron chi connectivity index (χ3n) is 9.60. The van der Waals surface area contributed by atoms with E-state index in [-0.39, 0.29) is 29.5 Å². The van der Waals surface area contributed by atoms with E-state index >= 15 is 4.79 Å². The van der Waals surface area contributed by atoms with E-state index in [1.807, 2.05) is 77.5 Å². The molecular weight excluding hydrogens is 649 g/mol. The second kappa shape index (κ2) is 13.9. The van der Waals surface area contributed by atoms with E-state index in [1.54, 1.807) is 42.5 Å². The molecular formula is C41H36N2O6S. The number of benzene rings is 4. The van der Waals surface area contributed by atoms with E-state index in [2.05, 4.69) is 5.32 Å². The van der Waals surface area contributed by atoms with Gasteiger partial charge in [-0.3, -0.25) is 19.2 Å². The minimum absolute atomic E-state index is 0.0228. The van der Waals surface area contributed by atoms with Crippen molar-refractivity contribution in [2.75, 3.05) is 13.7 Å². The van der Waals surface area contributed by atoms with Gasteiger partial charge in [-0.15, -0.1) is 11.8 Å². The molecule has 0 saturated carbocycles. The van der Waals surface area contributed by atoms with Crippen molar-refractivity contribution in [2.45, 2.75) is 36.5 Å². The molecule has 2 unspecified atom stereocenters. The molecule has 0 fully saturated rings. The molecule has 0 saturated heterocycles. The van der Waals surface area contributed by atoms with Gasteiger partial charge in [0, 0.05) is 34.5 Å². The number of thioether (sulfide) groups is 1. The lowest BCUT2D eigenvalue weighted by Gasteiger charge is -2.34. The Balaban J connectivity index is 1.15. The summed E-state index contributed by atoms with van der Waals surface area (Å²) in [4.78, 5) is 54.4. The average Bonchev–Trinajstić information content (AvgIpc) is 3.80. The number of aromatic hydroxyl groups is 1. The zero-order valence-electron chi connectivity index (χ0n) is 27.5. The number of phenolic OH excluding ortho intramolecular Hbond substituents is 1. The van der Waals surface area contributed by atoms with Crippen LogP contribution in [0.1, 0.15) is 62.3 Å². The lowest BCUT2D eigenvalue weighted by molar-refractivity contribution is -0.141. The summed E-state index contributed by atoms with van der Waals surface area (Å²) in [5.41, 5.74) is 3.86. The smallest absolute Gasteiger partial charge is 0.306 e. The molecule has 8 nitrogen and oxygen atoms in total. The molecule has 2 aliphatic rings. The second-order valence-corrected chi connectivity index (χ2v) is 14.0. The first-order valence-electron chi connectivity index (χ1n) is 16.7. The van der Waals surface area contributed by atoms with Crippen LogP contribution in [0.15, 0.2) is 120 Å². The number of ketones is 3. The van der Waals surface area contributed by atoms with Crippen LogP contribution in [0.5, 0.6) is 5.75 Å². The molecule has 0 radical (unpaired) electrons. The van der Waals surface area contributed by atoms with Crippen molar-refractivity contribution in [2.24, 2.45) is 5.92 Å². The maximum absolute atomic E-state index is 15.0. The van der Waals surface area contributed by atoms with E-state index < -0.39 is 22.7 Å². The quantitative estimate of drug-likeness (QED) is 0.0604. The number of aromatic nitrogens is 1. The first-order valence-corrected chi connectivity index (χ1v) is 17.5. The van der Waals surface area contributed by atoms with Gasteiger partial charge in [0.15, 0.2) is 17.3 Å². The van der Waals surface area contributed by atoms with Crippen LogP contribution in [0.4, 0.5) is 0 Å². The standard InChI is InChI=1S/C41H36N2O6S/c1-49-36(45)25-29-24-32(14-7-8-20-42-37-38(46)33-15-5-6-16-34(33)39(37)47)50-41(29,28-10-9-13-31(44)23-28)40(48)27-18-17-26-19-21-43(35(26)22-27)30-11-3-2-4-12-30/h2-6,9-13,15-19,21-24,29,37,42,44H,7-8,14,20,25H2,1H3. The van der Waals surface area contributed by atoms with Crippen LogP contribution in [0.2, 0.25) is 0 Å². The number of nitrogens with zero attached hydrogens (tertiary/aromatic N) is 1. The number of hydrogen-bond acceptors (Lipinski definition) is 8. The zero-order valence-corrected chi connectivity index (χ0v) is 28.3. The molecule has 2 atom stereocenters. The predicted octanol–water partition coefficient (Wildman–Crippen LogP) is 7.43. The van der Waals surface area contributed by atoms with Gasteiger partial charge < -0.3 is 19.7 Å². The van der Waals surface area contributed by atoms with Crippen molar-refractivity contribution in [3.8, 4) is 11.4 Å². The van der Waals surface area contributed by atoms with Crippen molar-refractivity contribution in [1.29, 1.82) is 0 Å². The van der Waals surface area contributed by atoms with Crippen molar-refractivity contribution in [3.05, 3.63) is 143 Å². The summed E-state index contributed by atoms with van der Waals surface area (Å²) in [6, 6.07) is 30.3. The summed E-state index contributed by atoms with van der Waals surface area (Å²) < 4.78 is 5.90. The summed E-state index contributed by atoms with van der Waals surface area (Å²) in [5, 5.41) is 14.7. The summed E-state index contributed by atoms with van der Waals surface area (Å²) in [6.07, 6.45) is 6.00. The van der Waals surface area contributed by atoms with Gasteiger partial charge in [-0.2, -0.15) is 0 Å². The first kappa shape index (κ1) is 33.3. The number of methoxy groups -OCH3 is 1. The Kier molecular flexibility index (Phi) is 9.27. The van der Waals surface area contributed by atoms with Gasteiger partial charge in [0.25, 0.3) is 0 Å². The van der Waals surface area contributed by atoms with Crippen LogP contribution in [-0.4, -0.2) is 52.7 Å². The second-order valence-electron chi connectivity index (χ2n) is 12.7. The Morgan fingerprint density at radius 1 is 0.880 bits per heavy atom. The molecule has 0 spiro atoms. The molecule has 1 aliphatic carbocycles. The number of ether oxygens (including phenoxy) is 1. The fourth-order valence-corrected chi connectivity index (χ4v) is 8.76. The van der Waals surface area contributed by atoms with Gasteiger partial charge in [0.2, 0.25) is 0 Å². The normalized spacial score (nSPS) is 18.7. The maximum atomic E-state index is 15.0. The Morgan fingerprint density at radius 2 is 1.62 bits per heavy atom. The van der Waals surface area contributed by atoms with Crippen molar-refractivity contribution >= 4 is 46.0 Å². The molecule has 50 heavy (non-hydrogen) atoms. The highest BCUT2D eigenvalue weighted by Crippen LogP contribution is 2.57. The van der Waals surface area contributed by atoms with E-state index in [0.29, 0.717) is 41.6 Å². The highest BCUT2D eigenvalue weighted by Gasteiger charge is 2.52. The molecule has 1 aromatic heterocycles. The Morgan fingerprint density at radius 3 is 2.34 bits per heavy atom. The van der Waals surface area contributed by atoms with Crippen molar-refractivity contribution < 1.29 is 29.0 Å². The van der Waals surface area contributed by atoms with Gasteiger partial charge in [-0.05, 0) is 78.1 Å².